The Labute approximate surface area is 152 Å². The molecule has 0 aromatic heterocycles. The largest absolute Gasteiger partial charge is 0.416 e. The van der Waals surface area contributed by atoms with E-state index < -0.39 is 11.7 Å². The van der Waals surface area contributed by atoms with Gasteiger partial charge in [0.05, 0.1) is 5.56 Å². The Kier molecular flexibility index (Phi) is 8.68. The minimum absolute atomic E-state index is 0. The Morgan fingerprint density at radius 2 is 2.00 bits per heavy atom. The second kappa shape index (κ2) is 9.99. The van der Waals surface area contributed by atoms with Gasteiger partial charge in [0.25, 0.3) is 0 Å². The molecular weight excluding hydrogens is 355 g/mol. The summed E-state index contributed by atoms with van der Waals surface area (Å²) in [6.45, 7) is 6.99. The summed E-state index contributed by atoms with van der Waals surface area (Å²) in [4.78, 5) is 14.3. The lowest BCUT2D eigenvalue weighted by Crippen LogP contribution is -2.46. The number of nitrogens with one attached hydrogen (secondary N) is 2. The molecule has 1 aromatic rings. The molecule has 25 heavy (non-hydrogen) atoms. The summed E-state index contributed by atoms with van der Waals surface area (Å²) in [5.74, 6) is -0.387. The maximum atomic E-state index is 12.7. The molecule has 0 radical (unpaired) electrons. The van der Waals surface area contributed by atoms with E-state index >= 15 is 0 Å². The number of amides is 1. The van der Waals surface area contributed by atoms with Crippen LogP contribution in [0.5, 0.6) is 0 Å². The van der Waals surface area contributed by atoms with Gasteiger partial charge >= 0.3 is 6.18 Å². The van der Waals surface area contributed by atoms with Crippen LogP contribution in [0.2, 0.25) is 0 Å². The number of piperazine rings is 1. The standard InChI is InChI=1S/C17H24F3N3O.ClH/c1-13(14-3-2-4-15(12-14)17(18,19)20)11-16(24)22-7-10-23-8-5-21-6-9-23;/h2-4,12-13,21H,5-11H2,1H3,(H,22,24);1H. The van der Waals surface area contributed by atoms with Crippen LogP contribution in [0, 0.1) is 0 Å². The minimum Gasteiger partial charge on any atom is -0.355 e. The van der Waals surface area contributed by atoms with E-state index in [2.05, 4.69) is 15.5 Å². The quantitative estimate of drug-likeness (QED) is 0.798. The Morgan fingerprint density at radius 1 is 1.32 bits per heavy atom. The smallest absolute Gasteiger partial charge is 0.355 e. The first-order valence-electron chi connectivity index (χ1n) is 8.23. The van der Waals surface area contributed by atoms with Crippen LogP contribution in [0.3, 0.4) is 0 Å². The number of hydrogen-bond acceptors (Lipinski definition) is 3. The zero-order valence-corrected chi connectivity index (χ0v) is 15.1. The van der Waals surface area contributed by atoms with Crippen LogP contribution < -0.4 is 10.6 Å². The number of benzene rings is 1. The lowest BCUT2D eigenvalue weighted by molar-refractivity contribution is -0.137. The van der Waals surface area contributed by atoms with Gasteiger partial charge < -0.3 is 10.6 Å². The Bertz CT molecular complexity index is 548. The predicted molar refractivity (Wildman–Crippen MR) is 94.0 cm³/mol. The van der Waals surface area contributed by atoms with Crippen molar-refractivity contribution in [2.75, 3.05) is 39.3 Å². The van der Waals surface area contributed by atoms with Gasteiger partial charge in [0, 0.05) is 45.7 Å². The monoisotopic (exact) mass is 379 g/mol. The molecule has 1 saturated heterocycles. The van der Waals surface area contributed by atoms with Gasteiger partial charge in [-0.15, -0.1) is 12.4 Å². The van der Waals surface area contributed by atoms with Gasteiger partial charge in [-0.2, -0.15) is 13.2 Å². The lowest BCUT2D eigenvalue weighted by Gasteiger charge is -2.27. The van der Waals surface area contributed by atoms with E-state index in [1.54, 1.807) is 13.0 Å². The van der Waals surface area contributed by atoms with Crippen molar-refractivity contribution in [2.24, 2.45) is 0 Å². The minimum atomic E-state index is -4.36. The summed E-state index contributed by atoms with van der Waals surface area (Å²) in [7, 11) is 0. The predicted octanol–water partition coefficient (Wildman–Crippen LogP) is 2.64. The van der Waals surface area contributed by atoms with Crippen LogP contribution in [-0.2, 0) is 11.0 Å². The maximum absolute atomic E-state index is 12.7. The van der Waals surface area contributed by atoms with Crippen molar-refractivity contribution < 1.29 is 18.0 Å². The normalized spacial score (nSPS) is 16.8. The fourth-order valence-electron chi connectivity index (χ4n) is 2.78. The fourth-order valence-corrected chi connectivity index (χ4v) is 2.78. The van der Waals surface area contributed by atoms with Gasteiger partial charge in [-0.1, -0.05) is 25.1 Å². The van der Waals surface area contributed by atoms with Crippen LogP contribution >= 0.6 is 12.4 Å². The van der Waals surface area contributed by atoms with Gasteiger partial charge in [-0.3, -0.25) is 9.69 Å². The first-order chi connectivity index (χ1) is 11.4. The third-order valence-electron chi connectivity index (χ3n) is 4.23. The van der Waals surface area contributed by atoms with Crippen LogP contribution in [0.25, 0.3) is 0 Å². The molecule has 142 valence electrons. The number of halogens is 4. The maximum Gasteiger partial charge on any atom is 0.416 e. The van der Waals surface area contributed by atoms with E-state index in [9.17, 15) is 18.0 Å². The molecule has 8 heteroatoms. The summed E-state index contributed by atoms with van der Waals surface area (Å²) < 4.78 is 38.2. The summed E-state index contributed by atoms with van der Waals surface area (Å²) in [6, 6.07) is 5.19. The van der Waals surface area contributed by atoms with Crippen LogP contribution in [-0.4, -0.2) is 50.1 Å². The van der Waals surface area contributed by atoms with E-state index in [4.69, 9.17) is 0 Å². The second-order valence-corrected chi connectivity index (χ2v) is 6.17. The average Bonchev–Trinajstić information content (AvgIpc) is 2.55. The highest BCUT2D eigenvalue weighted by atomic mass is 35.5. The van der Waals surface area contributed by atoms with Gasteiger partial charge in [0.1, 0.15) is 0 Å². The SMILES string of the molecule is CC(CC(=O)NCCN1CCNCC1)c1cccc(C(F)(F)F)c1.Cl. The topological polar surface area (TPSA) is 44.4 Å². The third kappa shape index (κ3) is 7.22. The van der Waals surface area contributed by atoms with Crippen molar-refractivity contribution in [2.45, 2.75) is 25.4 Å². The van der Waals surface area contributed by atoms with Crippen molar-refractivity contribution in [3.8, 4) is 0 Å². The number of carbonyl (C=O) groups excluding carboxylic acids is 1. The van der Waals surface area contributed by atoms with Crippen LogP contribution in [0.1, 0.15) is 30.4 Å². The van der Waals surface area contributed by atoms with Gasteiger partial charge in [0.2, 0.25) is 5.91 Å². The third-order valence-corrected chi connectivity index (χ3v) is 4.23. The number of nitrogens with zero attached hydrogens (tertiary/aromatic N) is 1. The Morgan fingerprint density at radius 3 is 2.64 bits per heavy atom. The van der Waals surface area contributed by atoms with Gasteiger partial charge in [-0.25, -0.2) is 0 Å². The molecule has 0 spiro atoms. The molecule has 1 aliphatic heterocycles. The molecule has 1 heterocycles. The Balaban J connectivity index is 0.00000312. The van der Waals surface area contributed by atoms with Crippen molar-refractivity contribution in [1.82, 2.24) is 15.5 Å². The molecule has 2 N–H and O–H groups in total. The molecule has 1 fully saturated rings. The molecule has 1 unspecified atom stereocenters. The van der Waals surface area contributed by atoms with E-state index in [0.29, 0.717) is 12.1 Å². The van der Waals surface area contributed by atoms with Crippen LogP contribution in [0.15, 0.2) is 24.3 Å². The number of alkyl halides is 3. The highest BCUT2D eigenvalue weighted by Gasteiger charge is 2.30. The number of rotatable bonds is 6. The van der Waals surface area contributed by atoms with E-state index in [1.165, 1.54) is 6.07 Å². The van der Waals surface area contributed by atoms with Crippen molar-refractivity contribution in [1.29, 1.82) is 0 Å². The second-order valence-electron chi connectivity index (χ2n) is 6.17. The molecule has 0 bridgehead atoms. The molecule has 1 amide bonds. The molecule has 4 nitrogen and oxygen atoms in total. The summed E-state index contributed by atoms with van der Waals surface area (Å²) in [6.07, 6.45) is -4.18. The molecule has 2 rings (SSSR count). The van der Waals surface area contributed by atoms with E-state index in [0.717, 1.165) is 44.9 Å². The molecule has 0 saturated carbocycles. The summed E-state index contributed by atoms with van der Waals surface area (Å²) in [5, 5.41) is 6.12. The van der Waals surface area contributed by atoms with Crippen LogP contribution in [0.4, 0.5) is 13.2 Å². The van der Waals surface area contributed by atoms with Crippen molar-refractivity contribution in [3.05, 3.63) is 35.4 Å². The lowest BCUT2D eigenvalue weighted by atomic mass is 9.95. The zero-order valence-electron chi connectivity index (χ0n) is 14.2. The number of hydrogen-bond donors (Lipinski definition) is 2. The first kappa shape index (κ1) is 21.7. The average molecular weight is 380 g/mol. The molecular formula is C17H25ClF3N3O. The van der Waals surface area contributed by atoms with E-state index in [-0.39, 0.29) is 30.7 Å². The fraction of sp³-hybridized carbons (Fsp3) is 0.588. The highest BCUT2D eigenvalue weighted by Crippen LogP contribution is 2.31. The number of carbonyl (C=O) groups is 1. The van der Waals surface area contributed by atoms with Gasteiger partial charge in [-0.05, 0) is 17.5 Å². The summed E-state index contributed by atoms with van der Waals surface area (Å²) >= 11 is 0. The van der Waals surface area contributed by atoms with Crippen molar-refractivity contribution in [3.63, 3.8) is 0 Å². The first-order valence-corrected chi connectivity index (χ1v) is 8.23. The van der Waals surface area contributed by atoms with Crippen molar-refractivity contribution >= 4 is 18.3 Å². The molecule has 1 aromatic carbocycles. The van der Waals surface area contributed by atoms with Gasteiger partial charge in [0.15, 0.2) is 0 Å². The zero-order chi connectivity index (χ0) is 17.6. The van der Waals surface area contributed by atoms with E-state index in [1.807, 2.05) is 0 Å². The Hall–Kier alpha value is -1.31. The summed E-state index contributed by atoms with van der Waals surface area (Å²) in [5.41, 5.74) is -0.145. The molecule has 1 aliphatic rings. The highest BCUT2D eigenvalue weighted by molar-refractivity contribution is 5.85. The molecule has 1 atom stereocenters. The molecule has 0 aliphatic carbocycles.